The van der Waals surface area contributed by atoms with E-state index in [4.69, 9.17) is 10.5 Å². The Labute approximate surface area is 149 Å². The molecule has 0 atom stereocenters. The molecule has 0 unspecified atom stereocenters. The monoisotopic (exact) mass is 355 g/mol. The van der Waals surface area contributed by atoms with E-state index in [9.17, 15) is 9.59 Å². The van der Waals surface area contributed by atoms with Gasteiger partial charge in [0.2, 0.25) is 11.8 Å². The molecule has 0 aliphatic carbocycles. The summed E-state index contributed by atoms with van der Waals surface area (Å²) in [6.45, 7) is 2.59. The molecule has 0 aromatic heterocycles. The number of carbonyl (C=O) groups excluding carboxylic acids is 2. The van der Waals surface area contributed by atoms with Gasteiger partial charge >= 0.3 is 0 Å². The van der Waals surface area contributed by atoms with Crippen LogP contribution in [-0.2, 0) is 9.59 Å². The predicted molar refractivity (Wildman–Crippen MR) is 95.2 cm³/mol. The highest BCUT2D eigenvalue weighted by Gasteiger charge is 2.26. The fourth-order valence-corrected chi connectivity index (χ4v) is 2.66. The molecule has 1 aromatic rings. The number of likely N-dealkylation sites (tertiary alicyclic amines) is 1. The molecule has 1 heterocycles. The van der Waals surface area contributed by atoms with Gasteiger partial charge in [0.05, 0.1) is 13.0 Å². The standard InChI is InChI=1S/C17H25N3O3.ClH/c18-9-10-19-17(22)14-6-11-20(12-7-14)16(21)8-13-23-15-4-2-1-3-5-15;/h1-5,14H,6-13,18H2,(H,19,22);1H. The number of hydrogen-bond donors (Lipinski definition) is 2. The van der Waals surface area contributed by atoms with Crippen LogP contribution in [0.2, 0.25) is 0 Å². The van der Waals surface area contributed by atoms with E-state index >= 15 is 0 Å². The van der Waals surface area contributed by atoms with Crippen molar-refractivity contribution >= 4 is 24.2 Å². The lowest BCUT2D eigenvalue weighted by molar-refractivity contribution is -0.136. The molecule has 1 aliphatic rings. The van der Waals surface area contributed by atoms with Gasteiger partial charge in [-0.15, -0.1) is 12.4 Å². The third kappa shape index (κ3) is 6.37. The maximum Gasteiger partial charge on any atom is 0.225 e. The number of nitrogens with two attached hydrogens (primary N) is 1. The maximum atomic E-state index is 12.2. The van der Waals surface area contributed by atoms with Crippen molar-refractivity contribution in [2.75, 3.05) is 32.8 Å². The van der Waals surface area contributed by atoms with Gasteiger partial charge < -0.3 is 20.7 Å². The second-order valence-corrected chi connectivity index (χ2v) is 5.65. The van der Waals surface area contributed by atoms with Crippen LogP contribution < -0.4 is 15.8 Å². The first-order valence-electron chi connectivity index (χ1n) is 8.14. The topological polar surface area (TPSA) is 84.7 Å². The van der Waals surface area contributed by atoms with E-state index in [1.54, 1.807) is 0 Å². The van der Waals surface area contributed by atoms with Gasteiger partial charge in [-0.1, -0.05) is 18.2 Å². The number of hydrogen-bond acceptors (Lipinski definition) is 4. The highest BCUT2D eigenvalue weighted by atomic mass is 35.5. The molecule has 0 bridgehead atoms. The zero-order valence-electron chi connectivity index (χ0n) is 13.8. The minimum absolute atomic E-state index is 0. The first-order valence-corrected chi connectivity index (χ1v) is 8.14. The summed E-state index contributed by atoms with van der Waals surface area (Å²) in [7, 11) is 0. The molecule has 0 radical (unpaired) electrons. The maximum absolute atomic E-state index is 12.2. The third-order valence-electron chi connectivity index (χ3n) is 3.99. The zero-order chi connectivity index (χ0) is 16.5. The molecule has 0 spiro atoms. The summed E-state index contributed by atoms with van der Waals surface area (Å²) in [5.41, 5.74) is 5.38. The van der Waals surface area contributed by atoms with Crippen LogP contribution in [0.4, 0.5) is 0 Å². The van der Waals surface area contributed by atoms with Crippen molar-refractivity contribution in [1.29, 1.82) is 0 Å². The highest BCUT2D eigenvalue weighted by Crippen LogP contribution is 2.18. The summed E-state index contributed by atoms with van der Waals surface area (Å²) in [6.07, 6.45) is 1.78. The van der Waals surface area contributed by atoms with Crippen molar-refractivity contribution in [3.8, 4) is 5.75 Å². The molecule has 7 heteroatoms. The summed E-state index contributed by atoms with van der Waals surface area (Å²) in [4.78, 5) is 25.9. The Balaban J connectivity index is 0.00000288. The molecule has 6 nitrogen and oxygen atoms in total. The van der Waals surface area contributed by atoms with E-state index in [0.29, 0.717) is 52.0 Å². The normalized spacial score (nSPS) is 14.6. The van der Waals surface area contributed by atoms with Crippen LogP contribution in [0.15, 0.2) is 30.3 Å². The van der Waals surface area contributed by atoms with Gasteiger partial charge in [-0.25, -0.2) is 0 Å². The molecular formula is C17H26ClN3O3. The fourth-order valence-electron chi connectivity index (χ4n) is 2.66. The van der Waals surface area contributed by atoms with Crippen LogP contribution in [0, 0.1) is 5.92 Å². The molecule has 1 aliphatic heterocycles. The number of rotatable bonds is 7. The number of nitrogens with zero attached hydrogens (tertiary/aromatic N) is 1. The van der Waals surface area contributed by atoms with Crippen molar-refractivity contribution in [3.63, 3.8) is 0 Å². The van der Waals surface area contributed by atoms with Gasteiger partial charge in [-0.05, 0) is 25.0 Å². The molecule has 134 valence electrons. The average Bonchev–Trinajstić information content (AvgIpc) is 2.60. The Morgan fingerprint density at radius 1 is 1.21 bits per heavy atom. The molecule has 0 saturated carbocycles. The number of amides is 2. The number of benzene rings is 1. The van der Waals surface area contributed by atoms with Gasteiger partial charge in [0.25, 0.3) is 0 Å². The average molecular weight is 356 g/mol. The first-order chi connectivity index (χ1) is 11.2. The Hall–Kier alpha value is -1.79. The van der Waals surface area contributed by atoms with E-state index in [0.717, 1.165) is 5.75 Å². The van der Waals surface area contributed by atoms with Crippen LogP contribution in [0.25, 0.3) is 0 Å². The van der Waals surface area contributed by atoms with Crippen LogP contribution in [0.1, 0.15) is 19.3 Å². The molecular weight excluding hydrogens is 330 g/mol. The minimum atomic E-state index is -0.00818. The summed E-state index contributed by atoms with van der Waals surface area (Å²) >= 11 is 0. The van der Waals surface area contributed by atoms with Crippen LogP contribution in [-0.4, -0.2) is 49.5 Å². The number of para-hydroxylation sites is 1. The van der Waals surface area contributed by atoms with Crippen LogP contribution in [0.3, 0.4) is 0 Å². The van der Waals surface area contributed by atoms with E-state index < -0.39 is 0 Å². The van der Waals surface area contributed by atoms with Gasteiger partial charge in [0.15, 0.2) is 0 Å². The van der Waals surface area contributed by atoms with Gasteiger partial charge in [-0.2, -0.15) is 0 Å². The fraction of sp³-hybridized carbons (Fsp3) is 0.529. The number of ether oxygens (including phenoxy) is 1. The molecule has 1 saturated heterocycles. The lowest BCUT2D eigenvalue weighted by atomic mass is 9.95. The first kappa shape index (κ1) is 20.3. The predicted octanol–water partition coefficient (Wildman–Crippen LogP) is 1.19. The molecule has 2 amide bonds. The number of halogens is 1. The molecule has 1 fully saturated rings. The van der Waals surface area contributed by atoms with Crippen LogP contribution in [0.5, 0.6) is 5.75 Å². The summed E-state index contributed by atoms with van der Waals surface area (Å²) in [5, 5.41) is 2.81. The molecule has 1 aromatic carbocycles. The van der Waals surface area contributed by atoms with E-state index in [-0.39, 0.29) is 30.1 Å². The number of carbonyl (C=O) groups is 2. The lowest BCUT2D eigenvalue weighted by Crippen LogP contribution is -2.44. The Morgan fingerprint density at radius 3 is 2.50 bits per heavy atom. The quantitative estimate of drug-likeness (QED) is 0.769. The highest BCUT2D eigenvalue weighted by molar-refractivity contribution is 5.85. The summed E-state index contributed by atoms with van der Waals surface area (Å²) in [5.74, 6) is 0.901. The lowest BCUT2D eigenvalue weighted by Gasteiger charge is -2.31. The Morgan fingerprint density at radius 2 is 1.88 bits per heavy atom. The molecule has 3 N–H and O–H groups in total. The van der Waals surface area contributed by atoms with Crippen molar-refractivity contribution in [2.45, 2.75) is 19.3 Å². The largest absolute Gasteiger partial charge is 0.493 e. The van der Waals surface area contributed by atoms with E-state index in [2.05, 4.69) is 5.32 Å². The van der Waals surface area contributed by atoms with Gasteiger partial charge in [0, 0.05) is 32.1 Å². The van der Waals surface area contributed by atoms with Gasteiger partial charge in [0.1, 0.15) is 5.75 Å². The van der Waals surface area contributed by atoms with E-state index in [1.165, 1.54) is 0 Å². The Bertz CT molecular complexity index is 505. The Kier molecular flexibility index (Phi) is 9.19. The molecule has 24 heavy (non-hydrogen) atoms. The number of nitrogens with one attached hydrogen (secondary N) is 1. The van der Waals surface area contributed by atoms with Crippen molar-refractivity contribution in [3.05, 3.63) is 30.3 Å². The molecule has 2 rings (SSSR count). The van der Waals surface area contributed by atoms with Crippen LogP contribution >= 0.6 is 12.4 Å². The van der Waals surface area contributed by atoms with Gasteiger partial charge in [-0.3, -0.25) is 9.59 Å². The number of piperidine rings is 1. The second kappa shape index (κ2) is 10.9. The minimum Gasteiger partial charge on any atom is -0.493 e. The van der Waals surface area contributed by atoms with E-state index in [1.807, 2.05) is 35.2 Å². The zero-order valence-corrected chi connectivity index (χ0v) is 14.6. The second-order valence-electron chi connectivity index (χ2n) is 5.65. The smallest absolute Gasteiger partial charge is 0.225 e. The van der Waals surface area contributed by atoms with Crippen molar-refractivity contribution in [2.24, 2.45) is 11.7 Å². The van der Waals surface area contributed by atoms with Crippen molar-refractivity contribution < 1.29 is 14.3 Å². The summed E-state index contributed by atoms with van der Waals surface area (Å²) in [6, 6.07) is 9.47. The summed E-state index contributed by atoms with van der Waals surface area (Å²) < 4.78 is 5.55. The third-order valence-corrected chi connectivity index (χ3v) is 3.99. The SMILES string of the molecule is Cl.NCCNC(=O)C1CCN(C(=O)CCOc2ccccc2)CC1. The van der Waals surface area contributed by atoms with Crippen molar-refractivity contribution in [1.82, 2.24) is 10.2 Å².